The number of hydrogen-bond acceptors (Lipinski definition) is 8. The molecule has 0 aliphatic carbocycles. The first kappa shape index (κ1) is 42.8. The number of esters is 2. The van der Waals surface area contributed by atoms with E-state index < -0.39 is 39.1 Å². The van der Waals surface area contributed by atoms with Crippen molar-refractivity contribution in [2.75, 3.05) is 13.2 Å². The minimum atomic E-state index is -5.29. The van der Waals surface area contributed by atoms with E-state index in [2.05, 4.69) is 58.8 Å². The molecule has 0 fully saturated rings. The van der Waals surface area contributed by atoms with E-state index in [1.807, 2.05) is 0 Å². The molecule has 0 aromatic carbocycles. The van der Waals surface area contributed by atoms with Crippen LogP contribution in [0.15, 0.2) is 0 Å². The van der Waals surface area contributed by atoms with Crippen molar-refractivity contribution in [1.29, 1.82) is 0 Å². The van der Waals surface area contributed by atoms with Gasteiger partial charge in [0, 0.05) is 12.3 Å². The van der Waals surface area contributed by atoms with Gasteiger partial charge in [0.2, 0.25) is 0 Å². The molecule has 0 saturated heterocycles. The third kappa shape index (κ3) is 33.4. The van der Waals surface area contributed by atoms with Crippen molar-refractivity contribution >= 4 is 19.8 Å². The van der Waals surface area contributed by atoms with Gasteiger partial charge in [-0.15, -0.1) is 0 Å². The molecule has 0 aliphatic rings. The number of carbonyl (C=O) groups is 2. The maximum Gasteiger partial charge on any atom is 1.00 e. The second kappa shape index (κ2) is 30.3. The van der Waals surface area contributed by atoms with Crippen molar-refractivity contribution in [2.45, 2.75) is 103 Å². The molecular weight excluding hydrogens is 541 g/mol. The minimum absolute atomic E-state index is 0. The van der Waals surface area contributed by atoms with Gasteiger partial charge in [-0.1, -0.05) is 83.5 Å². The van der Waals surface area contributed by atoms with E-state index in [9.17, 15) is 23.9 Å². The topological polar surface area (TPSA) is 125 Å². The predicted octanol–water partition coefficient (Wildman–Crippen LogP) is -2.58. The summed E-state index contributed by atoms with van der Waals surface area (Å²) in [6.45, 7) is 2.55. The van der Waals surface area contributed by atoms with Crippen LogP contribution in [0.1, 0.15) is 97.3 Å². The van der Waals surface area contributed by atoms with E-state index >= 15 is 0 Å². The zero-order valence-corrected chi connectivity index (χ0v) is 28.8. The number of phosphoric ester groups is 1. The van der Waals surface area contributed by atoms with E-state index in [1.54, 1.807) is 6.92 Å². The summed E-state index contributed by atoms with van der Waals surface area (Å²) in [6.07, 6.45) is 12.7. The fourth-order valence-corrected chi connectivity index (χ4v) is 3.47. The Balaban J connectivity index is -0.00000648. The van der Waals surface area contributed by atoms with Crippen LogP contribution >= 0.6 is 7.82 Å². The van der Waals surface area contributed by atoms with E-state index in [4.69, 9.17) is 9.47 Å². The molecule has 0 radical (unpaired) electrons. The summed E-state index contributed by atoms with van der Waals surface area (Å²) in [4.78, 5) is 45.3. The van der Waals surface area contributed by atoms with Gasteiger partial charge in [-0.25, -0.2) is 4.79 Å². The van der Waals surface area contributed by atoms with Crippen LogP contribution in [0.25, 0.3) is 0 Å². The molecule has 0 aliphatic heterocycles. The first-order valence-corrected chi connectivity index (χ1v) is 14.2. The molecule has 0 heterocycles. The molecule has 0 rings (SSSR count). The molecule has 1 atom stereocenters. The molecule has 0 bridgehead atoms. The molecule has 0 aromatic rings. The Morgan fingerprint density at radius 1 is 0.744 bits per heavy atom. The number of carbonyl (C=O) groups excluding carboxylic acids is 2. The normalized spacial score (nSPS) is 10.2. The van der Waals surface area contributed by atoms with Crippen molar-refractivity contribution in [2.24, 2.45) is 0 Å². The van der Waals surface area contributed by atoms with Crippen molar-refractivity contribution in [3.63, 3.8) is 0 Å². The molecule has 0 N–H and O–H groups in total. The maximum absolute atomic E-state index is 12.1. The summed E-state index contributed by atoms with van der Waals surface area (Å²) in [7, 11) is -5.29. The third-order valence-electron chi connectivity index (χ3n) is 4.95. The number of phosphoric acid groups is 1. The molecular formula is C28H37Na2O8P. The van der Waals surface area contributed by atoms with E-state index in [0.29, 0.717) is 6.42 Å². The first-order valence-electron chi connectivity index (χ1n) is 12.7. The predicted molar refractivity (Wildman–Crippen MR) is 137 cm³/mol. The average molecular weight is 579 g/mol. The molecule has 0 amide bonds. The molecule has 8 nitrogen and oxygen atoms in total. The molecule has 0 unspecified atom stereocenters. The number of unbranched alkanes of at least 4 members (excludes halogenated alkanes) is 11. The Hall–Kier alpha value is -0.710. The summed E-state index contributed by atoms with van der Waals surface area (Å²) in [5.74, 6) is 17.3. The van der Waals surface area contributed by atoms with Gasteiger partial charge >= 0.3 is 71.1 Å². The van der Waals surface area contributed by atoms with Crippen LogP contribution in [0.5, 0.6) is 0 Å². The molecule has 0 spiro atoms. The smallest absolute Gasteiger partial charge is 0.790 e. The number of rotatable bonds is 19. The van der Waals surface area contributed by atoms with Crippen molar-refractivity contribution in [3.8, 4) is 47.4 Å². The molecule has 11 heteroatoms. The van der Waals surface area contributed by atoms with Gasteiger partial charge in [-0.2, -0.15) is 0 Å². The molecule has 39 heavy (non-hydrogen) atoms. The average Bonchev–Trinajstić information content (AvgIpc) is 2.85. The third-order valence-corrected chi connectivity index (χ3v) is 5.42. The monoisotopic (exact) mass is 578 g/mol. The Kier molecular flexibility index (Phi) is 33.2. The minimum Gasteiger partial charge on any atom is -0.790 e. The van der Waals surface area contributed by atoms with E-state index in [1.165, 1.54) is 51.4 Å². The summed E-state index contributed by atoms with van der Waals surface area (Å²) in [5, 5.41) is 0. The Bertz CT molecular complexity index is 964. The zero-order chi connectivity index (χ0) is 27.6. The number of ether oxygens (including phenoxy) is 2. The first-order chi connectivity index (χ1) is 17.8. The van der Waals surface area contributed by atoms with Gasteiger partial charge < -0.3 is 28.3 Å². The standard InChI is InChI=1S/C28H39O8P.2Na/c1-3-5-7-9-11-12-13-14-15-17-19-21-23-28(30)36-26(25-35-37(31,32)33)24-34-27(29)22-20-18-16-10-8-6-4-2;;/h26H,3,5,7,9,11-15,17,19,21,23-25H2,1-2H3,(H2,31,32,33);;/q;2*+1/p-2/t26-;;/m0../s1. The largest absolute Gasteiger partial charge is 1.00 e. The second-order valence-electron chi connectivity index (χ2n) is 8.22. The summed E-state index contributed by atoms with van der Waals surface area (Å²) in [5.41, 5.74) is 0. The maximum atomic E-state index is 12.1. The fraction of sp³-hybridized carbons (Fsp3) is 0.643. The number of hydrogen-bond donors (Lipinski definition) is 0. The molecule has 0 aromatic heterocycles. The second-order valence-corrected chi connectivity index (χ2v) is 9.37. The summed E-state index contributed by atoms with van der Waals surface area (Å²) in [6, 6.07) is 0. The van der Waals surface area contributed by atoms with Crippen molar-refractivity contribution < 1.29 is 97.1 Å². The van der Waals surface area contributed by atoms with Gasteiger partial charge in [0.1, 0.15) is 6.61 Å². The van der Waals surface area contributed by atoms with Crippen LogP contribution in [-0.2, 0) is 28.2 Å². The zero-order valence-electron chi connectivity index (χ0n) is 23.9. The fourth-order valence-electron chi connectivity index (χ4n) is 3.12. The van der Waals surface area contributed by atoms with Gasteiger partial charge in [-0.3, -0.25) is 4.79 Å². The van der Waals surface area contributed by atoms with Crippen LogP contribution in [0.4, 0.5) is 0 Å². The van der Waals surface area contributed by atoms with Gasteiger partial charge in [0.05, 0.1) is 14.4 Å². The van der Waals surface area contributed by atoms with Crippen LogP contribution in [-0.4, -0.2) is 31.3 Å². The van der Waals surface area contributed by atoms with Crippen molar-refractivity contribution in [3.05, 3.63) is 0 Å². The Labute approximate surface area is 278 Å². The van der Waals surface area contributed by atoms with Crippen molar-refractivity contribution in [1.82, 2.24) is 0 Å². The van der Waals surface area contributed by atoms with Crippen LogP contribution in [0.3, 0.4) is 0 Å². The van der Waals surface area contributed by atoms with E-state index in [0.717, 1.165) is 19.3 Å². The van der Waals surface area contributed by atoms with Crippen LogP contribution in [0.2, 0.25) is 0 Å². The van der Waals surface area contributed by atoms with Crippen LogP contribution < -0.4 is 68.9 Å². The summed E-state index contributed by atoms with van der Waals surface area (Å²) < 4.78 is 24.9. The van der Waals surface area contributed by atoms with Gasteiger partial charge in [0.15, 0.2) is 6.10 Å². The Morgan fingerprint density at radius 3 is 1.74 bits per heavy atom. The Morgan fingerprint density at radius 2 is 1.23 bits per heavy atom. The summed E-state index contributed by atoms with van der Waals surface area (Å²) >= 11 is 0. The SMILES string of the molecule is CC#CC#CC#CC#CC(=O)OC[C@@H](COP(=O)([O-])[O-])OC(=O)CCCCCCCCCCCCCC.[Na+].[Na+]. The van der Waals surface area contributed by atoms with Gasteiger partial charge in [-0.05, 0) is 48.9 Å². The van der Waals surface area contributed by atoms with Gasteiger partial charge in [0.25, 0.3) is 0 Å². The molecule has 0 saturated carbocycles. The quantitative estimate of drug-likeness (QED) is 0.0409. The molecule has 204 valence electrons. The van der Waals surface area contributed by atoms with Crippen LogP contribution in [0, 0.1) is 47.4 Å². The van der Waals surface area contributed by atoms with E-state index in [-0.39, 0.29) is 65.5 Å².